The molecule has 0 aliphatic heterocycles. The number of nitro benzene ring substituents is 2. The number of hydrogen-bond donors (Lipinski definition) is 1. The third-order valence-electron chi connectivity index (χ3n) is 3.25. The van der Waals surface area contributed by atoms with Crippen LogP contribution in [-0.2, 0) is 6.18 Å². The second-order valence-corrected chi connectivity index (χ2v) is 6.39. The van der Waals surface area contributed by atoms with Crippen LogP contribution in [0, 0.1) is 27.2 Å². The van der Waals surface area contributed by atoms with E-state index in [9.17, 15) is 33.4 Å². The summed E-state index contributed by atoms with van der Waals surface area (Å²) in [4.78, 5) is 19.8. The van der Waals surface area contributed by atoms with E-state index in [4.69, 9.17) is 11.6 Å². The number of hydrogen-bond acceptors (Lipinski definition) is 5. The summed E-state index contributed by atoms with van der Waals surface area (Å²) in [5, 5.41) is 24.4. The molecule has 0 saturated carbocycles. The maximum Gasteiger partial charge on any atom is 0.418 e. The largest absolute Gasteiger partial charge is 0.418 e. The molecule has 138 valence electrons. The van der Waals surface area contributed by atoms with Crippen molar-refractivity contribution in [3.8, 4) is 0 Å². The molecule has 1 N–H and O–H groups in total. The number of nitrogens with one attached hydrogen (secondary N) is 1. The highest BCUT2D eigenvalue weighted by Crippen LogP contribution is 2.45. The normalized spacial score (nSPS) is 11.3. The van der Waals surface area contributed by atoms with Gasteiger partial charge in [0.1, 0.15) is 5.69 Å². The van der Waals surface area contributed by atoms with Gasteiger partial charge < -0.3 is 5.32 Å². The highest BCUT2D eigenvalue weighted by molar-refractivity contribution is 9.10. The number of anilines is 2. The number of nitro groups is 2. The fourth-order valence-electron chi connectivity index (χ4n) is 2.16. The van der Waals surface area contributed by atoms with Gasteiger partial charge in [0.25, 0.3) is 11.4 Å². The number of halogens is 5. The van der Waals surface area contributed by atoms with E-state index in [-0.39, 0.29) is 21.2 Å². The molecule has 2 aromatic carbocycles. The molecule has 0 fully saturated rings. The molecule has 0 aliphatic carbocycles. The predicted molar refractivity (Wildman–Crippen MR) is 91.9 cm³/mol. The predicted octanol–water partition coefficient (Wildman–Crippen LogP) is 5.99. The molecule has 0 bridgehead atoms. The topological polar surface area (TPSA) is 98.3 Å². The lowest BCUT2D eigenvalue weighted by molar-refractivity contribution is -0.394. The SMILES string of the molecule is Cc1cc(Cl)c(Nc2c([N+](=O)[O-])cc([N+](=O)[O-])cc2C(F)(F)F)c(Br)c1. The summed E-state index contributed by atoms with van der Waals surface area (Å²) in [7, 11) is 0. The van der Waals surface area contributed by atoms with Crippen LogP contribution in [0.1, 0.15) is 11.1 Å². The van der Waals surface area contributed by atoms with Gasteiger partial charge in [0.05, 0.1) is 32.2 Å². The third-order valence-corrected chi connectivity index (χ3v) is 4.18. The first-order chi connectivity index (χ1) is 11.9. The second-order valence-electron chi connectivity index (χ2n) is 5.13. The Kier molecular flexibility index (Phi) is 5.42. The molecule has 2 rings (SSSR count). The first kappa shape index (κ1) is 19.9. The minimum Gasteiger partial charge on any atom is -0.347 e. The second kappa shape index (κ2) is 7.08. The van der Waals surface area contributed by atoms with E-state index in [1.165, 1.54) is 6.07 Å². The van der Waals surface area contributed by atoms with E-state index in [2.05, 4.69) is 21.2 Å². The fraction of sp³-hybridized carbons (Fsp3) is 0.143. The van der Waals surface area contributed by atoms with Gasteiger partial charge in [0.15, 0.2) is 0 Å². The number of benzene rings is 2. The van der Waals surface area contributed by atoms with Crippen molar-refractivity contribution in [3.05, 3.63) is 65.1 Å². The van der Waals surface area contributed by atoms with Gasteiger partial charge in [0, 0.05) is 10.5 Å². The molecule has 0 amide bonds. The fourth-order valence-corrected chi connectivity index (χ4v) is 3.27. The Morgan fingerprint density at radius 1 is 1.08 bits per heavy atom. The zero-order valence-corrected chi connectivity index (χ0v) is 15.1. The maximum absolute atomic E-state index is 13.4. The van der Waals surface area contributed by atoms with Crippen molar-refractivity contribution in [3.63, 3.8) is 0 Å². The molecule has 0 saturated heterocycles. The highest BCUT2D eigenvalue weighted by atomic mass is 79.9. The lowest BCUT2D eigenvalue weighted by Crippen LogP contribution is -2.12. The number of alkyl halides is 3. The van der Waals surface area contributed by atoms with Crippen LogP contribution in [0.2, 0.25) is 5.02 Å². The van der Waals surface area contributed by atoms with Crippen LogP contribution in [0.4, 0.5) is 35.9 Å². The Morgan fingerprint density at radius 3 is 2.15 bits per heavy atom. The summed E-state index contributed by atoms with van der Waals surface area (Å²) in [6.07, 6.45) is -5.08. The zero-order valence-electron chi connectivity index (χ0n) is 12.7. The molecule has 26 heavy (non-hydrogen) atoms. The Bertz CT molecular complexity index is 898. The van der Waals surface area contributed by atoms with Crippen molar-refractivity contribution in [1.29, 1.82) is 0 Å². The molecular weight excluding hydrogens is 447 g/mol. The van der Waals surface area contributed by atoms with Crippen molar-refractivity contribution in [2.75, 3.05) is 5.32 Å². The molecule has 0 atom stereocenters. The maximum atomic E-state index is 13.4. The van der Waals surface area contributed by atoms with E-state index in [0.717, 1.165) is 0 Å². The average molecular weight is 455 g/mol. The molecule has 12 heteroatoms. The third kappa shape index (κ3) is 4.05. The molecule has 0 heterocycles. The number of non-ortho nitro benzene ring substituents is 1. The highest BCUT2D eigenvalue weighted by Gasteiger charge is 2.40. The van der Waals surface area contributed by atoms with Gasteiger partial charge in [-0.3, -0.25) is 20.2 Å². The smallest absolute Gasteiger partial charge is 0.347 e. The lowest BCUT2D eigenvalue weighted by Gasteiger charge is -2.17. The molecule has 0 spiro atoms. The minimum atomic E-state index is -5.08. The van der Waals surface area contributed by atoms with Gasteiger partial charge in [0.2, 0.25) is 0 Å². The number of nitrogens with zero attached hydrogens (tertiary/aromatic N) is 2. The van der Waals surface area contributed by atoms with Gasteiger partial charge >= 0.3 is 6.18 Å². The van der Waals surface area contributed by atoms with E-state index >= 15 is 0 Å². The van der Waals surface area contributed by atoms with Crippen molar-refractivity contribution < 1.29 is 23.0 Å². The number of aryl methyl sites for hydroxylation is 1. The molecule has 0 aliphatic rings. The van der Waals surface area contributed by atoms with Gasteiger partial charge in [-0.2, -0.15) is 13.2 Å². The van der Waals surface area contributed by atoms with Crippen molar-refractivity contribution >= 4 is 50.3 Å². The summed E-state index contributed by atoms with van der Waals surface area (Å²) in [5.74, 6) is 0. The van der Waals surface area contributed by atoms with Crippen molar-refractivity contribution in [1.82, 2.24) is 0 Å². The molecule has 2 aromatic rings. The quantitative estimate of drug-likeness (QED) is 0.452. The van der Waals surface area contributed by atoms with Crippen LogP contribution >= 0.6 is 27.5 Å². The van der Waals surface area contributed by atoms with E-state index in [1.807, 2.05) is 0 Å². The molecule has 0 aromatic heterocycles. The standard InChI is InChI=1S/C14H8BrClF3N3O4/c1-6-2-9(15)13(10(16)3-6)20-12-8(14(17,18)19)4-7(21(23)24)5-11(12)22(25)26/h2-5,20H,1H3. The minimum absolute atomic E-state index is 0.0117. The average Bonchev–Trinajstić information content (AvgIpc) is 2.48. The Morgan fingerprint density at radius 2 is 1.69 bits per heavy atom. The first-order valence-electron chi connectivity index (χ1n) is 6.68. The number of rotatable bonds is 4. The van der Waals surface area contributed by atoms with Crippen LogP contribution in [0.5, 0.6) is 0 Å². The van der Waals surface area contributed by atoms with E-state index in [0.29, 0.717) is 11.6 Å². The Hall–Kier alpha value is -2.40. The Labute approximate surface area is 157 Å². The summed E-state index contributed by atoms with van der Waals surface area (Å²) >= 11 is 9.14. The molecule has 0 radical (unpaired) electrons. The summed E-state index contributed by atoms with van der Waals surface area (Å²) < 4.78 is 40.4. The van der Waals surface area contributed by atoms with Crippen LogP contribution in [0.25, 0.3) is 0 Å². The summed E-state index contributed by atoms with van der Waals surface area (Å²) in [6.45, 7) is 1.69. The van der Waals surface area contributed by atoms with Gasteiger partial charge in [-0.05, 0) is 40.5 Å². The summed E-state index contributed by atoms with van der Waals surface area (Å²) in [6, 6.07) is 3.66. The van der Waals surface area contributed by atoms with E-state index < -0.39 is 38.6 Å². The molecule has 0 unspecified atom stereocenters. The van der Waals surface area contributed by atoms with E-state index in [1.54, 1.807) is 13.0 Å². The van der Waals surface area contributed by atoms with Gasteiger partial charge in [-0.1, -0.05) is 11.6 Å². The van der Waals surface area contributed by atoms with Gasteiger partial charge in [-0.25, -0.2) is 0 Å². The van der Waals surface area contributed by atoms with Gasteiger partial charge in [-0.15, -0.1) is 0 Å². The molecule has 7 nitrogen and oxygen atoms in total. The summed E-state index contributed by atoms with van der Waals surface area (Å²) in [5.41, 5.74) is -4.00. The van der Waals surface area contributed by atoms with Crippen molar-refractivity contribution in [2.45, 2.75) is 13.1 Å². The van der Waals surface area contributed by atoms with Crippen LogP contribution in [-0.4, -0.2) is 9.85 Å². The monoisotopic (exact) mass is 453 g/mol. The van der Waals surface area contributed by atoms with Crippen LogP contribution in [0.3, 0.4) is 0 Å². The Balaban J connectivity index is 2.78. The van der Waals surface area contributed by atoms with Crippen LogP contribution in [0.15, 0.2) is 28.7 Å². The molecular formula is C14H8BrClF3N3O4. The lowest BCUT2D eigenvalue weighted by atomic mass is 10.1. The first-order valence-corrected chi connectivity index (χ1v) is 7.85. The zero-order chi connectivity index (χ0) is 19.8. The van der Waals surface area contributed by atoms with Crippen molar-refractivity contribution in [2.24, 2.45) is 0 Å². The van der Waals surface area contributed by atoms with Crippen LogP contribution < -0.4 is 5.32 Å².